The van der Waals surface area contributed by atoms with E-state index in [1.807, 2.05) is 16.8 Å². The lowest BCUT2D eigenvalue weighted by Gasteiger charge is -2.11. The topological polar surface area (TPSA) is 105 Å². The Balaban J connectivity index is 1.75. The molecular weight excluding hydrogens is 306 g/mol. The molecule has 0 aromatic carbocycles. The van der Waals surface area contributed by atoms with E-state index in [0.717, 1.165) is 5.56 Å². The quantitative estimate of drug-likeness (QED) is 0.770. The molecule has 8 heteroatoms. The van der Waals surface area contributed by atoms with Crippen LogP contribution in [0.15, 0.2) is 21.2 Å². The second-order valence-electron chi connectivity index (χ2n) is 4.91. The van der Waals surface area contributed by atoms with E-state index in [0.29, 0.717) is 24.6 Å². The second kappa shape index (κ2) is 7.69. The predicted octanol–water partition coefficient (Wildman–Crippen LogP) is 2.10. The van der Waals surface area contributed by atoms with Crippen molar-refractivity contribution in [3.05, 3.63) is 22.7 Å². The van der Waals surface area contributed by atoms with Gasteiger partial charge in [-0.05, 0) is 24.8 Å². The largest absolute Gasteiger partial charge is 0.481 e. The predicted molar refractivity (Wildman–Crippen MR) is 80.4 cm³/mol. The first-order valence-electron chi connectivity index (χ1n) is 6.90. The van der Waals surface area contributed by atoms with Crippen LogP contribution in [0.5, 0.6) is 0 Å². The average molecular weight is 323 g/mol. The molecule has 2 rings (SSSR count). The Labute approximate surface area is 131 Å². The lowest BCUT2D eigenvalue weighted by Crippen LogP contribution is -2.33. The molecule has 7 nitrogen and oxygen atoms in total. The Morgan fingerprint density at radius 1 is 1.41 bits per heavy atom. The lowest BCUT2D eigenvalue weighted by atomic mass is 10.1. The van der Waals surface area contributed by atoms with Gasteiger partial charge in [0.2, 0.25) is 17.7 Å². The van der Waals surface area contributed by atoms with Crippen molar-refractivity contribution in [3.8, 4) is 11.5 Å². The van der Waals surface area contributed by atoms with Crippen molar-refractivity contribution in [1.82, 2.24) is 15.5 Å². The smallest absolute Gasteiger partial charge is 0.303 e. The van der Waals surface area contributed by atoms with Crippen LogP contribution < -0.4 is 5.32 Å². The molecular formula is C14H17N3O4S. The number of aliphatic carboxylic acids is 1. The molecule has 0 aliphatic heterocycles. The summed E-state index contributed by atoms with van der Waals surface area (Å²) in [6.07, 6.45) is 1.02. The molecule has 0 aliphatic rings. The lowest BCUT2D eigenvalue weighted by molar-refractivity contribution is -0.137. The third-order valence-electron chi connectivity index (χ3n) is 3.00. The number of carboxylic acid groups (broad SMARTS) is 1. The van der Waals surface area contributed by atoms with Crippen LogP contribution in [0.2, 0.25) is 0 Å². The van der Waals surface area contributed by atoms with Crippen molar-refractivity contribution >= 4 is 23.2 Å². The molecule has 22 heavy (non-hydrogen) atoms. The molecule has 2 heterocycles. The van der Waals surface area contributed by atoms with E-state index in [9.17, 15) is 9.59 Å². The molecule has 0 bridgehead atoms. The van der Waals surface area contributed by atoms with Crippen molar-refractivity contribution < 1.29 is 19.1 Å². The molecule has 0 radical (unpaired) electrons. The van der Waals surface area contributed by atoms with Gasteiger partial charge in [-0.3, -0.25) is 9.59 Å². The number of nitrogens with one attached hydrogen (secondary N) is 1. The van der Waals surface area contributed by atoms with Crippen LogP contribution in [0.25, 0.3) is 11.5 Å². The number of rotatable bonds is 8. The molecule has 2 N–H and O–H groups in total. The Morgan fingerprint density at radius 2 is 2.23 bits per heavy atom. The van der Waals surface area contributed by atoms with E-state index in [1.54, 1.807) is 18.3 Å². The summed E-state index contributed by atoms with van der Waals surface area (Å²) in [5.74, 6) is -0.165. The highest BCUT2D eigenvalue weighted by atomic mass is 32.1. The maximum atomic E-state index is 11.8. The van der Waals surface area contributed by atoms with Gasteiger partial charge in [0.1, 0.15) is 0 Å². The first kappa shape index (κ1) is 16.2. The molecule has 1 amide bonds. The monoisotopic (exact) mass is 323 g/mol. The zero-order valence-electron chi connectivity index (χ0n) is 12.1. The number of carbonyl (C=O) groups excluding carboxylic acids is 1. The molecule has 2 aromatic rings. The van der Waals surface area contributed by atoms with Gasteiger partial charge in [0.05, 0.1) is 0 Å². The fraction of sp³-hybridized carbons (Fsp3) is 0.429. The van der Waals surface area contributed by atoms with Crippen LogP contribution in [0.3, 0.4) is 0 Å². The molecule has 0 saturated heterocycles. The fourth-order valence-electron chi connectivity index (χ4n) is 1.84. The summed E-state index contributed by atoms with van der Waals surface area (Å²) in [6, 6.07) is 1.71. The maximum absolute atomic E-state index is 11.8. The van der Waals surface area contributed by atoms with Gasteiger partial charge in [-0.15, -0.1) is 10.2 Å². The van der Waals surface area contributed by atoms with Crippen molar-refractivity contribution in [1.29, 1.82) is 0 Å². The van der Waals surface area contributed by atoms with Gasteiger partial charge >= 0.3 is 5.97 Å². The Morgan fingerprint density at radius 3 is 2.91 bits per heavy atom. The van der Waals surface area contributed by atoms with Gasteiger partial charge in [-0.2, -0.15) is 11.3 Å². The number of aromatic nitrogens is 2. The van der Waals surface area contributed by atoms with Crippen LogP contribution in [-0.4, -0.2) is 33.2 Å². The van der Waals surface area contributed by atoms with Crippen molar-refractivity contribution in [2.24, 2.45) is 0 Å². The molecule has 118 valence electrons. The van der Waals surface area contributed by atoms with Gasteiger partial charge < -0.3 is 14.8 Å². The minimum atomic E-state index is -0.868. The van der Waals surface area contributed by atoms with E-state index < -0.39 is 5.97 Å². The number of hydrogen-bond acceptors (Lipinski definition) is 6. The van der Waals surface area contributed by atoms with Crippen LogP contribution in [-0.2, 0) is 16.0 Å². The fourth-order valence-corrected chi connectivity index (χ4v) is 2.47. The normalized spacial score (nSPS) is 12.0. The minimum absolute atomic E-state index is 0.0368. The van der Waals surface area contributed by atoms with Crippen molar-refractivity contribution in [2.75, 3.05) is 0 Å². The number of hydrogen-bond donors (Lipinski definition) is 2. The molecule has 1 atom stereocenters. The van der Waals surface area contributed by atoms with Crippen molar-refractivity contribution in [3.63, 3.8) is 0 Å². The minimum Gasteiger partial charge on any atom is -0.481 e. The summed E-state index contributed by atoms with van der Waals surface area (Å²) < 4.78 is 5.49. The standard InChI is InChI=1S/C14H17N3O4S/c1-9(2-5-13(19)20)15-11(18)3-4-12-16-17-14(21-12)10-6-7-22-8-10/h6-9H,2-5H2,1H3,(H,15,18)(H,19,20). The summed E-state index contributed by atoms with van der Waals surface area (Å²) >= 11 is 1.54. The van der Waals surface area contributed by atoms with Gasteiger partial charge in [-0.25, -0.2) is 0 Å². The molecule has 1 unspecified atom stereocenters. The van der Waals surface area contributed by atoms with Crippen LogP contribution in [0.4, 0.5) is 0 Å². The summed E-state index contributed by atoms with van der Waals surface area (Å²) in [5, 5.41) is 23.0. The second-order valence-corrected chi connectivity index (χ2v) is 5.69. The summed E-state index contributed by atoms with van der Waals surface area (Å²) in [7, 11) is 0. The molecule has 0 fully saturated rings. The van der Waals surface area contributed by atoms with E-state index in [1.165, 1.54) is 0 Å². The first-order chi connectivity index (χ1) is 10.5. The Hall–Kier alpha value is -2.22. The Kier molecular flexibility index (Phi) is 5.65. The van der Waals surface area contributed by atoms with Crippen LogP contribution in [0.1, 0.15) is 32.1 Å². The number of carbonyl (C=O) groups is 2. The number of amides is 1. The van der Waals surface area contributed by atoms with E-state index >= 15 is 0 Å². The maximum Gasteiger partial charge on any atom is 0.303 e. The van der Waals surface area contributed by atoms with Crippen LogP contribution in [0, 0.1) is 0 Å². The van der Waals surface area contributed by atoms with E-state index in [2.05, 4.69) is 15.5 Å². The number of carboxylic acids is 1. The van der Waals surface area contributed by atoms with E-state index in [4.69, 9.17) is 9.52 Å². The van der Waals surface area contributed by atoms with Crippen LogP contribution >= 0.6 is 11.3 Å². The summed E-state index contributed by atoms with van der Waals surface area (Å²) in [4.78, 5) is 22.2. The third-order valence-corrected chi connectivity index (χ3v) is 3.68. The van der Waals surface area contributed by atoms with Gasteiger partial charge in [-0.1, -0.05) is 0 Å². The molecule has 0 saturated carbocycles. The zero-order chi connectivity index (χ0) is 15.9. The highest BCUT2D eigenvalue weighted by Gasteiger charge is 2.13. The number of thiophene rings is 1. The number of aryl methyl sites for hydroxylation is 1. The molecule has 2 aromatic heterocycles. The highest BCUT2D eigenvalue weighted by Crippen LogP contribution is 2.20. The van der Waals surface area contributed by atoms with Gasteiger partial charge in [0.25, 0.3) is 0 Å². The zero-order valence-corrected chi connectivity index (χ0v) is 12.9. The number of nitrogens with zero attached hydrogens (tertiary/aromatic N) is 2. The summed E-state index contributed by atoms with van der Waals surface area (Å²) in [6.45, 7) is 1.78. The molecule has 0 aliphatic carbocycles. The summed E-state index contributed by atoms with van der Waals surface area (Å²) in [5.41, 5.74) is 0.871. The molecule has 0 spiro atoms. The van der Waals surface area contributed by atoms with Gasteiger partial charge in [0.15, 0.2) is 0 Å². The highest BCUT2D eigenvalue weighted by molar-refractivity contribution is 7.08. The van der Waals surface area contributed by atoms with Gasteiger partial charge in [0, 0.05) is 36.2 Å². The SMILES string of the molecule is CC(CCC(=O)O)NC(=O)CCc1nnc(-c2ccsc2)o1. The first-order valence-corrected chi connectivity index (χ1v) is 7.85. The average Bonchev–Trinajstić information content (AvgIpc) is 3.13. The van der Waals surface area contributed by atoms with E-state index in [-0.39, 0.29) is 24.8 Å². The van der Waals surface area contributed by atoms with Crippen molar-refractivity contribution in [2.45, 2.75) is 38.6 Å². The third kappa shape index (κ3) is 4.96. The Bertz CT molecular complexity index is 624.